The molecule has 2 aromatic rings. The van der Waals surface area contributed by atoms with Crippen LogP contribution in [0.15, 0.2) is 48.8 Å². The quantitative estimate of drug-likeness (QED) is 0.849. The fourth-order valence-corrected chi connectivity index (χ4v) is 2.53. The zero-order valence-electron chi connectivity index (χ0n) is 13.1. The molecule has 0 aliphatic carbocycles. The van der Waals surface area contributed by atoms with Gasteiger partial charge in [-0.15, -0.1) is 0 Å². The van der Waals surface area contributed by atoms with Crippen molar-refractivity contribution in [3.8, 4) is 0 Å². The lowest BCUT2D eigenvalue weighted by molar-refractivity contribution is -0.139. The highest BCUT2D eigenvalue weighted by Gasteiger charge is 2.28. The minimum atomic E-state index is -0.182. The van der Waals surface area contributed by atoms with Crippen molar-refractivity contribution in [1.82, 2.24) is 15.2 Å². The Morgan fingerprint density at radius 1 is 1.04 bits per heavy atom. The van der Waals surface area contributed by atoms with Crippen molar-refractivity contribution in [2.24, 2.45) is 0 Å². The topological polar surface area (TPSA) is 79.4 Å². The number of likely N-dealkylation sites (tertiary alicyclic amines) is 1. The van der Waals surface area contributed by atoms with Gasteiger partial charge < -0.3 is 5.32 Å². The molecule has 0 spiro atoms. The smallest absolute Gasteiger partial charge is 0.251 e. The van der Waals surface area contributed by atoms with E-state index in [9.17, 15) is 14.4 Å². The monoisotopic (exact) mass is 323 g/mol. The summed E-state index contributed by atoms with van der Waals surface area (Å²) in [6.45, 7) is 0.667. The Morgan fingerprint density at radius 3 is 2.38 bits per heavy atom. The molecule has 1 aliphatic heterocycles. The first kappa shape index (κ1) is 15.9. The van der Waals surface area contributed by atoms with Gasteiger partial charge in [-0.1, -0.05) is 18.2 Å². The number of hydrogen-bond acceptors (Lipinski definition) is 4. The van der Waals surface area contributed by atoms with E-state index in [1.807, 2.05) is 12.1 Å². The molecule has 0 unspecified atom stereocenters. The van der Waals surface area contributed by atoms with Crippen molar-refractivity contribution in [2.75, 3.05) is 0 Å². The Labute approximate surface area is 139 Å². The third-order valence-electron chi connectivity index (χ3n) is 3.89. The van der Waals surface area contributed by atoms with Crippen molar-refractivity contribution in [2.45, 2.75) is 25.9 Å². The number of benzene rings is 1. The molecule has 122 valence electrons. The maximum Gasteiger partial charge on any atom is 0.251 e. The van der Waals surface area contributed by atoms with Crippen LogP contribution in [0.2, 0.25) is 0 Å². The van der Waals surface area contributed by atoms with Gasteiger partial charge in [-0.05, 0) is 29.3 Å². The van der Waals surface area contributed by atoms with E-state index < -0.39 is 0 Å². The molecule has 2 heterocycles. The Kier molecular flexibility index (Phi) is 4.65. The van der Waals surface area contributed by atoms with E-state index in [1.165, 1.54) is 4.90 Å². The number of carbonyl (C=O) groups is 3. The molecule has 1 aliphatic rings. The van der Waals surface area contributed by atoms with E-state index in [4.69, 9.17) is 0 Å². The predicted molar refractivity (Wildman–Crippen MR) is 86.6 cm³/mol. The Bertz CT molecular complexity index is 741. The maximum atomic E-state index is 12.1. The molecule has 0 saturated carbocycles. The number of rotatable bonds is 5. The van der Waals surface area contributed by atoms with Gasteiger partial charge in [0.15, 0.2) is 0 Å². The summed E-state index contributed by atoms with van der Waals surface area (Å²) in [6.07, 6.45) is 3.95. The molecular formula is C18H17N3O3. The molecule has 3 rings (SSSR count). The van der Waals surface area contributed by atoms with Crippen molar-refractivity contribution in [3.63, 3.8) is 0 Å². The summed E-state index contributed by atoms with van der Waals surface area (Å²) < 4.78 is 0. The van der Waals surface area contributed by atoms with Crippen molar-refractivity contribution < 1.29 is 14.4 Å². The summed E-state index contributed by atoms with van der Waals surface area (Å²) in [4.78, 5) is 40.6. The summed E-state index contributed by atoms with van der Waals surface area (Å²) in [6, 6.07) is 10.6. The van der Waals surface area contributed by atoms with Crippen LogP contribution >= 0.6 is 0 Å². The van der Waals surface area contributed by atoms with Crippen LogP contribution in [0.4, 0.5) is 0 Å². The first-order valence-electron chi connectivity index (χ1n) is 7.73. The number of hydrogen-bond donors (Lipinski definition) is 1. The van der Waals surface area contributed by atoms with Crippen LogP contribution in [-0.2, 0) is 22.7 Å². The fourth-order valence-electron chi connectivity index (χ4n) is 2.53. The van der Waals surface area contributed by atoms with Gasteiger partial charge >= 0.3 is 0 Å². The average Bonchev–Trinajstić information content (AvgIpc) is 2.93. The fraction of sp³-hybridized carbons (Fsp3) is 0.222. The Balaban J connectivity index is 1.58. The molecule has 1 N–H and O–H groups in total. The zero-order valence-corrected chi connectivity index (χ0v) is 13.1. The van der Waals surface area contributed by atoms with Gasteiger partial charge in [-0.3, -0.25) is 24.3 Å². The van der Waals surface area contributed by atoms with Gasteiger partial charge in [0.2, 0.25) is 11.8 Å². The standard InChI is InChI=1S/C18H17N3O3/c22-16-7-8-17(23)21(16)12-13-3-5-15(6-4-13)18(24)20-11-14-2-1-9-19-10-14/h1-6,9-10H,7-8,11-12H2,(H,20,24). The minimum Gasteiger partial charge on any atom is -0.348 e. The Morgan fingerprint density at radius 2 is 1.75 bits per heavy atom. The van der Waals surface area contributed by atoms with E-state index in [1.54, 1.807) is 36.7 Å². The maximum absolute atomic E-state index is 12.1. The lowest BCUT2D eigenvalue weighted by atomic mass is 10.1. The molecule has 3 amide bonds. The lowest BCUT2D eigenvalue weighted by Crippen LogP contribution is -2.28. The van der Waals surface area contributed by atoms with Crippen molar-refractivity contribution in [1.29, 1.82) is 0 Å². The average molecular weight is 323 g/mol. The molecule has 1 fully saturated rings. The molecular weight excluding hydrogens is 306 g/mol. The largest absolute Gasteiger partial charge is 0.348 e. The van der Waals surface area contributed by atoms with Crippen LogP contribution in [0.1, 0.15) is 34.3 Å². The summed E-state index contributed by atoms with van der Waals surface area (Å²) in [7, 11) is 0. The summed E-state index contributed by atoms with van der Waals surface area (Å²) in [5.41, 5.74) is 2.28. The molecule has 0 radical (unpaired) electrons. The van der Waals surface area contributed by atoms with Crippen LogP contribution in [0.3, 0.4) is 0 Å². The number of amides is 3. The van der Waals surface area contributed by atoms with Crippen LogP contribution in [0.5, 0.6) is 0 Å². The highest BCUT2D eigenvalue weighted by Crippen LogP contribution is 2.16. The Hall–Kier alpha value is -3.02. The van der Waals surface area contributed by atoms with Crippen molar-refractivity contribution >= 4 is 17.7 Å². The second-order valence-electron chi connectivity index (χ2n) is 5.61. The summed E-state index contributed by atoms with van der Waals surface area (Å²) in [5, 5.41) is 2.82. The van der Waals surface area contributed by atoms with Gasteiger partial charge in [0, 0.05) is 37.3 Å². The van der Waals surface area contributed by atoms with Crippen LogP contribution in [0.25, 0.3) is 0 Å². The third-order valence-corrected chi connectivity index (χ3v) is 3.89. The highest BCUT2D eigenvalue weighted by molar-refractivity contribution is 6.01. The highest BCUT2D eigenvalue weighted by atomic mass is 16.2. The second-order valence-corrected chi connectivity index (χ2v) is 5.61. The first-order chi connectivity index (χ1) is 11.6. The van der Waals surface area contributed by atoms with Crippen LogP contribution in [-0.4, -0.2) is 27.6 Å². The summed E-state index contributed by atoms with van der Waals surface area (Å²) >= 11 is 0. The molecule has 0 bridgehead atoms. The normalized spacial score (nSPS) is 14.1. The van der Waals surface area contributed by atoms with Gasteiger partial charge in [0.25, 0.3) is 5.91 Å². The van der Waals surface area contributed by atoms with Crippen LogP contribution in [0, 0.1) is 0 Å². The lowest BCUT2D eigenvalue weighted by Gasteiger charge is -2.14. The number of imide groups is 1. The third kappa shape index (κ3) is 3.65. The van der Waals surface area contributed by atoms with Crippen LogP contribution < -0.4 is 5.32 Å². The second kappa shape index (κ2) is 7.04. The predicted octanol–water partition coefficient (Wildman–Crippen LogP) is 1.66. The number of aromatic nitrogens is 1. The molecule has 24 heavy (non-hydrogen) atoms. The van der Waals surface area contributed by atoms with Crippen molar-refractivity contribution in [3.05, 3.63) is 65.5 Å². The minimum absolute atomic E-state index is 0.140. The van der Waals surface area contributed by atoms with Gasteiger partial charge in [0.05, 0.1) is 6.54 Å². The number of nitrogens with one attached hydrogen (secondary N) is 1. The first-order valence-corrected chi connectivity index (χ1v) is 7.73. The number of carbonyl (C=O) groups excluding carboxylic acids is 3. The number of nitrogens with zero attached hydrogens (tertiary/aromatic N) is 2. The van der Waals surface area contributed by atoms with E-state index in [-0.39, 0.29) is 37.1 Å². The van der Waals surface area contributed by atoms with E-state index in [0.29, 0.717) is 12.1 Å². The number of pyridine rings is 1. The molecule has 0 atom stereocenters. The molecule has 6 nitrogen and oxygen atoms in total. The molecule has 6 heteroatoms. The van der Waals surface area contributed by atoms with E-state index in [2.05, 4.69) is 10.3 Å². The molecule has 1 saturated heterocycles. The SMILES string of the molecule is O=C(NCc1cccnc1)c1ccc(CN2C(=O)CCC2=O)cc1. The van der Waals surface area contributed by atoms with Gasteiger partial charge in [-0.2, -0.15) is 0 Å². The van der Waals surface area contributed by atoms with Gasteiger partial charge in [-0.25, -0.2) is 0 Å². The van der Waals surface area contributed by atoms with Gasteiger partial charge in [0.1, 0.15) is 0 Å². The zero-order chi connectivity index (χ0) is 16.9. The summed E-state index contributed by atoms with van der Waals surface area (Å²) in [5.74, 6) is -0.463. The molecule has 1 aromatic carbocycles. The van der Waals surface area contributed by atoms with E-state index >= 15 is 0 Å². The molecule has 1 aromatic heterocycles. The van der Waals surface area contributed by atoms with E-state index in [0.717, 1.165) is 11.1 Å².